The fourth-order valence-corrected chi connectivity index (χ4v) is 5.77. The lowest BCUT2D eigenvalue weighted by atomic mass is 9.95. The maximum Gasteiger partial charge on any atom is 0.138 e. The molecular formula is C35H22N4. The summed E-state index contributed by atoms with van der Waals surface area (Å²) in [6, 6.07) is 38.4. The smallest absolute Gasteiger partial charge is 0.138 e. The van der Waals surface area contributed by atoms with Gasteiger partial charge in [0, 0.05) is 57.5 Å². The Morgan fingerprint density at radius 3 is 2.10 bits per heavy atom. The van der Waals surface area contributed by atoms with Crippen molar-refractivity contribution in [2.75, 3.05) is 0 Å². The van der Waals surface area contributed by atoms with Gasteiger partial charge in [-0.05, 0) is 65.0 Å². The van der Waals surface area contributed by atoms with Crippen molar-refractivity contribution in [1.82, 2.24) is 19.5 Å². The third kappa shape index (κ3) is 3.42. The largest absolute Gasteiger partial charge is 0.293 e. The Balaban J connectivity index is 1.54. The van der Waals surface area contributed by atoms with E-state index < -0.39 is 0 Å². The Labute approximate surface area is 224 Å². The highest BCUT2D eigenvalue weighted by Gasteiger charge is 2.19. The van der Waals surface area contributed by atoms with E-state index in [-0.39, 0.29) is 0 Å². The molecule has 4 heteroatoms. The highest BCUT2D eigenvalue weighted by Crippen LogP contribution is 2.42. The van der Waals surface area contributed by atoms with Crippen LogP contribution in [0.2, 0.25) is 0 Å². The average Bonchev–Trinajstić information content (AvgIpc) is 3.35. The van der Waals surface area contributed by atoms with E-state index in [9.17, 15) is 0 Å². The predicted molar refractivity (Wildman–Crippen MR) is 160 cm³/mol. The third-order valence-corrected chi connectivity index (χ3v) is 7.55. The number of pyridine rings is 3. The van der Waals surface area contributed by atoms with E-state index in [1.807, 2.05) is 43.0 Å². The van der Waals surface area contributed by atoms with Crippen molar-refractivity contribution in [2.24, 2.45) is 0 Å². The van der Waals surface area contributed by atoms with E-state index in [4.69, 9.17) is 4.98 Å². The molecule has 4 aromatic carbocycles. The van der Waals surface area contributed by atoms with Crippen molar-refractivity contribution in [3.05, 3.63) is 134 Å². The van der Waals surface area contributed by atoms with Crippen LogP contribution in [0.4, 0.5) is 0 Å². The summed E-state index contributed by atoms with van der Waals surface area (Å²) in [5, 5.41) is 5.86. The lowest BCUT2D eigenvalue weighted by Crippen LogP contribution is -1.98. The molecule has 39 heavy (non-hydrogen) atoms. The van der Waals surface area contributed by atoms with E-state index >= 15 is 0 Å². The van der Waals surface area contributed by atoms with Gasteiger partial charge in [-0.25, -0.2) is 4.98 Å². The molecule has 0 atom stereocenters. The number of rotatable bonds is 3. The minimum atomic E-state index is 0.905. The Kier molecular flexibility index (Phi) is 4.79. The van der Waals surface area contributed by atoms with Gasteiger partial charge >= 0.3 is 0 Å². The summed E-state index contributed by atoms with van der Waals surface area (Å²) in [7, 11) is 0. The van der Waals surface area contributed by atoms with Gasteiger partial charge < -0.3 is 0 Å². The normalized spacial score (nSPS) is 11.6. The van der Waals surface area contributed by atoms with E-state index in [2.05, 4.69) is 106 Å². The van der Waals surface area contributed by atoms with Crippen molar-refractivity contribution in [1.29, 1.82) is 0 Å². The molecule has 0 aliphatic heterocycles. The molecular weight excluding hydrogens is 476 g/mol. The van der Waals surface area contributed by atoms with Gasteiger partial charge in [0.2, 0.25) is 0 Å². The molecule has 0 unspecified atom stereocenters. The van der Waals surface area contributed by atoms with Crippen molar-refractivity contribution >= 4 is 43.5 Å². The lowest BCUT2D eigenvalue weighted by molar-refractivity contribution is 1.11. The van der Waals surface area contributed by atoms with Gasteiger partial charge in [-0.1, -0.05) is 60.7 Å². The van der Waals surface area contributed by atoms with Crippen LogP contribution < -0.4 is 0 Å². The van der Waals surface area contributed by atoms with Crippen LogP contribution in [0.25, 0.3) is 71.6 Å². The lowest BCUT2D eigenvalue weighted by Gasteiger charge is -2.12. The van der Waals surface area contributed by atoms with Crippen LogP contribution in [-0.2, 0) is 0 Å². The van der Waals surface area contributed by atoms with Crippen molar-refractivity contribution in [2.45, 2.75) is 0 Å². The molecule has 8 rings (SSSR count). The predicted octanol–water partition coefficient (Wildman–Crippen LogP) is 8.61. The monoisotopic (exact) mass is 498 g/mol. The second kappa shape index (κ2) is 8.61. The quantitative estimate of drug-likeness (QED) is 0.245. The molecule has 0 saturated carbocycles. The summed E-state index contributed by atoms with van der Waals surface area (Å²) in [4.78, 5) is 13.9. The van der Waals surface area contributed by atoms with Gasteiger partial charge in [-0.2, -0.15) is 0 Å². The molecule has 0 aliphatic carbocycles. The standard InChI is InChI=1S/C35H22N4/c1-4-12-32-23(7-1)14-16-34(38-32)39-33-15-13-24(25-8-5-17-36-21-25)19-30(33)31-20-29(26-9-6-18-37-22-26)27-10-2-3-11-28(27)35(31)39/h1-22H. The van der Waals surface area contributed by atoms with Crippen LogP contribution in [0.3, 0.4) is 0 Å². The second-order valence-electron chi connectivity index (χ2n) is 9.78. The number of aromatic nitrogens is 4. The zero-order valence-corrected chi connectivity index (χ0v) is 21.0. The Morgan fingerprint density at radius 2 is 1.28 bits per heavy atom. The maximum absolute atomic E-state index is 5.13. The molecule has 182 valence electrons. The van der Waals surface area contributed by atoms with Crippen LogP contribution in [0, 0.1) is 0 Å². The molecule has 0 saturated heterocycles. The maximum atomic E-state index is 5.13. The topological polar surface area (TPSA) is 43.6 Å². The zero-order chi connectivity index (χ0) is 25.8. The SMILES string of the molecule is c1cncc(-c2ccc3c(c2)c2cc(-c4cccnc4)c4ccccc4c2n3-c2ccc3ccccc3n2)c1. The molecule has 0 amide bonds. The van der Waals surface area contributed by atoms with Crippen LogP contribution in [0.5, 0.6) is 0 Å². The first kappa shape index (κ1) is 21.7. The molecule has 4 heterocycles. The molecule has 0 fully saturated rings. The van der Waals surface area contributed by atoms with Gasteiger partial charge in [0.05, 0.1) is 16.6 Å². The zero-order valence-electron chi connectivity index (χ0n) is 21.0. The Morgan fingerprint density at radius 1 is 0.513 bits per heavy atom. The molecule has 0 radical (unpaired) electrons. The van der Waals surface area contributed by atoms with Crippen LogP contribution >= 0.6 is 0 Å². The van der Waals surface area contributed by atoms with Gasteiger partial charge in [-0.3, -0.25) is 14.5 Å². The average molecular weight is 499 g/mol. The molecule has 0 spiro atoms. The minimum Gasteiger partial charge on any atom is -0.293 e. The number of hydrogen-bond acceptors (Lipinski definition) is 3. The summed E-state index contributed by atoms with van der Waals surface area (Å²) < 4.78 is 2.32. The molecule has 0 aliphatic rings. The van der Waals surface area contributed by atoms with E-state index in [1.54, 1.807) is 0 Å². The van der Waals surface area contributed by atoms with Gasteiger partial charge in [0.15, 0.2) is 0 Å². The van der Waals surface area contributed by atoms with Crippen molar-refractivity contribution < 1.29 is 0 Å². The van der Waals surface area contributed by atoms with Crippen LogP contribution in [-0.4, -0.2) is 19.5 Å². The summed E-state index contributed by atoms with van der Waals surface area (Å²) >= 11 is 0. The number of hydrogen-bond donors (Lipinski definition) is 0. The van der Waals surface area contributed by atoms with E-state index in [0.29, 0.717) is 0 Å². The number of nitrogens with zero attached hydrogens (tertiary/aromatic N) is 4. The third-order valence-electron chi connectivity index (χ3n) is 7.55. The van der Waals surface area contributed by atoms with Gasteiger partial charge in [0.1, 0.15) is 5.82 Å². The highest BCUT2D eigenvalue weighted by atomic mass is 15.1. The van der Waals surface area contributed by atoms with Crippen molar-refractivity contribution in [3.8, 4) is 28.1 Å². The first-order valence-corrected chi connectivity index (χ1v) is 13.0. The molecule has 0 N–H and O–H groups in total. The first-order valence-electron chi connectivity index (χ1n) is 13.0. The second-order valence-corrected chi connectivity index (χ2v) is 9.78. The Bertz CT molecular complexity index is 2160. The minimum absolute atomic E-state index is 0.905. The van der Waals surface area contributed by atoms with Crippen LogP contribution in [0.15, 0.2) is 134 Å². The summed E-state index contributed by atoms with van der Waals surface area (Å²) in [6.07, 6.45) is 7.49. The molecule has 0 bridgehead atoms. The molecule has 8 aromatic rings. The van der Waals surface area contributed by atoms with E-state index in [0.717, 1.165) is 44.4 Å². The number of para-hydroxylation sites is 1. The summed E-state index contributed by atoms with van der Waals surface area (Å²) in [5.41, 5.74) is 7.75. The van der Waals surface area contributed by atoms with Crippen molar-refractivity contribution in [3.63, 3.8) is 0 Å². The first-order chi connectivity index (χ1) is 19.3. The van der Waals surface area contributed by atoms with Crippen LogP contribution in [0.1, 0.15) is 0 Å². The summed E-state index contributed by atoms with van der Waals surface area (Å²) in [6.45, 7) is 0. The fraction of sp³-hybridized carbons (Fsp3) is 0. The molecule has 4 aromatic heterocycles. The van der Waals surface area contributed by atoms with E-state index in [1.165, 1.54) is 27.1 Å². The van der Waals surface area contributed by atoms with Gasteiger partial charge in [-0.15, -0.1) is 0 Å². The van der Waals surface area contributed by atoms with Gasteiger partial charge in [0.25, 0.3) is 0 Å². The summed E-state index contributed by atoms with van der Waals surface area (Å²) in [5.74, 6) is 0.905. The highest BCUT2D eigenvalue weighted by molar-refractivity contribution is 6.22. The Hall–Kier alpha value is -5.35. The number of benzene rings is 4. The number of fused-ring (bicyclic) bond motifs is 6. The fourth-order valence-electron chi connectivity index (χ4n) is 5.77. The molecule has 4 nitrogen and oxygen atoms in total.